The van der Waals surface area contributed by atoms with Gasteiger partial charge in [-0.2, -0.15) is 4.31 Å². The Bertz CT molecular complexity index is 651. The van der Waals surface area contributed by atoms with Crippen LogP contribution in [-0.4, -0.2) is 60.3 Å². The number of aliphatic hydroxyl groups is 2. The predicted molar refractivity (Wildman–Crippen MR) is 70.4 cm³/mol. The average Bonchev–Trinajstić information content (AvgIpc) is 2.78. The maximum Gasteiger partial charge on any atom is 0.312 e. The number of nitrogens with zero attached hydrogens (tertiary/aromatic N) is 2. The Morgan fingerprint density at radius 3 is 2.38 bits per heavy atom. The van der Waals surface area contributed by atoms with Crippen molar-refractivity contribution in [3.8, 4) is 5.75 Å². The van der Waals surface area contributed by atoms with Gasteiger partial charge in [0.25, 0.3) is 0 Å². The van der Waals surface area contributed by atoms with Gasteiger partial charge in [0.05, 0.1) is 29.1 Å². The summed E-state index contributed by atoms with van der Waals surface area (Å²) in [6.45, 7) is -0.521. The predicted octanol–water partition coefficient (Wildman–Crippen LogP) is -0.671. The van der Waals surface area contributed by atoms with Crippen LogP contribution in [-0.2, 0) is 10.0 Å². The van der Waals surface area contributed by atoms with E-state index < -0.39 is 32.8 Å². The Morgan fingerprint density at radius 1 is 1.33 bits per heavy atom. The molecule has 1 heterocycles. The van der Waals surface area contributed by atoms with E-state index in [0.29, 0.717) is 0 Å². The van der Waals surface area contributed by atoms with E-state index in [1.165, 1.54) is 19.2 Å². The van der Waals surface area contributed by atoms with Gasteiger partial charge in [0.2, 0.25) is 10.0 Å². The minimum absolute atomic E-state index is 0.0551. The lowest BCUT2D eigenvalue weighted by Crippen LogP contribution is -2.30. The molecule has 0 aliphatic carbocycles. The second-order valence-corrected chi connectivity index (χ2v) is 6.49. The van der Waals surface area contributed by atoms with E-state index in [4.69, 9.17) is 4.74 Å². The fraction of sp³-hybridized carbons (Fsp3) is 0.455. The summed E-state index contributed by atoms with van der Waals surface area (Å²) in [4.78, 5) is 9.88. The van der Waals surface area contributed by atoms with Crippen molar-refractivity contribution in [2.75, 3.05) is 20.2 Å². The summed E-state index contributed by atoms with van der Waals surface area (Å²) >= 11 is 0. The summed E-state index contributed by atoms with van der Waals surface area (Å²) in [6, 6.07) is 3.26. The molecule has 1 aromatic carbocycles. The van der Waals surface area contributed by atoms with Crippen LogP contribution in [0.3, 0.4) is 0 Å². The fourth-order valence-corrected chi connectivity index (χ4v) is 3.55. The van der Waals surface area contributed by atoms with Crippen molar-refractivity contribution in [1.29, 1.82) is 0 Å². The maximum absolute atomic E-state index is 12.3. The molecule has 1 aliphatic rings. The lowest BCUT2D eigenvalue weighted by atomic mass is 10.3. The first-order chi connectivity index (χ1) is 9.77. The number of nitro benzene ring substituents is 1. The van der Waals surface area contributed by atoms with Gasteiger partial charge in [-0.25, -0.2) is 8.42 Å². The van der Waals surface area contributed by atoms with Crippen molar-refractivity contribution < 1.29 is 28.3 Å². The SMILES string of the molecule is COc1ccc(S(=O)(=O)N2C[C@@H](O)[C@@H](O)C2)cc1[N+](=O)[O-]. The quantitative estimate of drug-likeness (QED) is 0.556. The molecule has 1 fully saturated rings. The molecule has 2 atom stereocenters. The van der Waals surface area contributed by atoms with Crippen molar-refractivity contribution in [2.45, 2.75) is 17.1 Å². The summed E-state index contributed by atoms with van der Waals surface area (Å²) in [6.07, 6.45) is -2.35. The number of hydrogen-bond acceptors (Lipinski definition) is 7. The highest BCUT2D eigenvalue weighted by Gasteiger charge is 2.38. The molecule has 1 aromatic rings. The highest BCUT2D eigenvalue weighted by Crippen LogP contribution is 2.31. The summed E-state index contributed by atoms with van der Waals surface area (Å²) in [5.74, 6) is -0.0551. The average molecular weight is 318 g/mol. The molecule has 0 aromatic heterocycles. The van der Waals surface area contributed by atoms with E-state index in [1.54, 1.807) is 0 Å². The zero-order valence-corrected chi connectivity index (χ0v) is 11.9. The van der Waals surface area contributed by atoms with E-state index in [0.717, 1.165) is 10.4 Å². The van der Waals surface area contributed by atoms with Gasteiger partial charge in [-0.05, 0) is 12.1 Å². The molecule has 2 N–H and O–H groups in total. The van der Waals surface area contributed by atoms with Gasteiger partial charge in [0.15, 0.2) is 5.75 Å². The Labute approximate surface area is 120 Å². The Kier molecular flexibility index (Phi) is 4.14. The van der Waals surface area contributed by atoms with E-state index in [2.05, 4.69) is 0 Å². The fourth-order valence-electron chi connectivity index (χ4n) is 2.05. The zero-order chi connectivity index (χ0) is 15.8. The van der Waals surface area contributed by atoms with E-state index in [9.17, 15) is 28.7 Å². The zero-order valence-electron chi connectivity index (χ0n) is 11.0. The standard InChI is InChI=1S/C11H14N2O7S/c1-20-11-3-2-7(4-8(11)13(16)17)21(18,19)12-5-9(14)10(15)6-12/h2-4,9-10,14-15H,5-6H2,1H3/t9-,10+. The van der Waals surface area contributed by atoms with Gasteiger partial charge in [0, 0.05) is 19.2 Å². The van der Waals surface area contributed by atoms with Crippen LogP contribution in [0.4, 0.5) is 5.69 Å². The van der Waals surface area contributed by atoms with Crippen molar-refractivity contribution >= 4 is 15.7 Å². The molecule has 10 heteroatoms. The van der Waals surface area contributed by atoms with Crippen LogP contribution >= 0.6 is 0 Å². The second kappa shape index (κ2) is 5.56. The monoisotopic (exact) mass is 318 g/mol. The number of nitro groups is 1. The molecule has 0 saturated carbocycles. The van der Waals surface area contributed by atoms with Gasteiger partial charge >= 0.3 is 5.69 Å². The van der Waals surface area contributed by atoms with E-state index in [-0.39, 0.29) is 23.7 Å². The van der Waals surface area contributed by atoms with Crippen LogP contribution in [0, 0.1) is 10.1 Å². The van der Waals surface area contributed by atoms with Crippen LogP contribution in [0.15, 0.2) is 23.1 Å². The van der Waals surface area contributed by atoms with E-state index in [1.807, 2.05) is 0 Å². The van der Waals surface area contributed by atoms with Crippen molar-refractivity contribution in [2.24, 2.45) is 0 Å². The third-order valence-corrected chi connectivity index (χ3v) is 5.04. The molecule has 1 aliphatic heterocycles. The number of sulfonamides is 1. The van der Waals surface area contributed by atoms with Crippen LogP contribution in [0.2, 0.25) is 0 Å². The number of β-amino-alcohol motifs (C(OH)–C–C–N with tert-alkyl or cyclic N) is 2. The maximum atomic E-state index is 12.3. The molecule has 116 valence electrons. The van der Waals surface area contributed by atoms with Gasteiger partial charge in [-0.3, -0.25) is 10.1 Å². The highest BCUT2D eigenvalue weighted by molar-refractivity contribution is 7.89. The van der Waals surface area contributed by atoms with Crippen LogP contribution < -0.4 is 4.74 Å². The number of methoxy groups -OCH3 is 1. The minimum atomic E-state index is -4.03. The van der Waals surface area contributed by atoms with Crippen LogP contribution in [0.5, 0.6) is 5.75 Å². The van der Waals surface area contributed by atoms with Crippen molar-refractivity contribution in [3.05, 3.63) is 28.3 Å². The molecule has 1 saturated heterocycles. The van der Waals surface area contributed by atoms with Crippen molar-refractivity contribution in [1.82, 2.24) is 4.31 Å². The summed E-state index contributed by atoms with van der Waals surface area (Å²) < 4.78 is 30.4. The van der Waals surface area contributed by atoms with Gasteiger partial charge in [-0.15, -0.1) is 0 Å². The molecule has 0 bridgehead atoms. The molecular weight excluding hydrogens is 304 g/mol. The molecule has 2 rings (SSSR count). The number of ether oxygens (including phenoxy) is 1. The van der Waals surface area contributed by atoms with Gasteiger partial charge < -0.3 is 14.9 Å². The first kappa shape index (κ1) is 15.6. The molecule has 9 nitrogen and oxygen atoms in total. The second-order valence-electron chi connectivity index (χ2n) is 4.55. The minimum Gasteiger partial charge on any atom is -0.490 e. The lowest BCUT2D eigenvalue weighted by molar-refractivity contribution is -0.386. The normalized spacial score (nSPS) is 23.2. The largest absolute Gasteiger partial charge is 0.490 e. The lowest BCUT2D eigenvalue weighted by Gasteiger charge is -2.15. The topological polar surface area (TPSA) is 130 Å². The number of aliphatic hydroxyl groups excluding tert-OH is 2. The third-order valence-electron chi connectivity index (χ3n) is 3.21. The molecule has 0 radical (unpaired) electrons. The molecular formula is C11H14N2O7S. The van der Waals surface area contributed by atoms with E-state index >= 15 is 0 Å². The van der Waals surface area contributed by atoms with Gasteiger partial charge in [0.1, 0.15) is 0 Å². The Balaban J connectivity index is 2.42. The summed E-state index contributed by atoms with van der Waals surface area (Å²) in [7, 11) is -2.79. The van der Waals surface area contributed by atoms with Gasteiger partial charge in [-0.1, -0.05) is 0 Å². The Morgan fingerprint density at radius 2 is 1.90 bits per heavy atom. The first-order valence-electron chi connectivity index (χ1n) is 5.96. The number of hydrogen-bond donors (Lipinski definition) is 2. The molecule has 0 spiro atoms. The smallest absolute Gasteiger partial charge is 0.312 e. The van der Waals surface area contributed by atoms with Crippen molar-refractivity contribution in [3.63, 3.8) is 0 Å². The number of rotatable bonds is 4. The van der Waals surface area contributed by atoms with Crippen LogP contribution in [0.25, 0.3) is 0 Å². The molecule has 21 heavy (non-hydrogen) atoms. The number of benzene rings is 1. The molecule has 0 amide bonds. The van der Waals surface area contributed by atoms with Crippen LogP contribution in [0.1, 0.15) is 0 Å². The summed E-state index contributed by atoms with van der Waals surface area (Å²) in [5, 5.41) is 29.8. The first-order valence-corrected chi connectivity index (χ1v) is 7.40. The summed E-state index contributed by atoms with van der Waals surface area (Å²) in [5.41, 5.74) is -0.473. The Hall–Kier alpha value is -1.75. The molecule has 0 unspecified atom stereocenters. The third kappa shape index (κ3) is 2.83. The highest BCUT2D eigenvalue weighted by atomic mass is 32.2.